The van der Waals surface area contributed by atoms with Gasteiger partial charge in [-0.25, -0.2) is 0 Å². The van der Waals surface area contributed by atoms with E-state index in [-0.39, 0.29) is 18.0 Å². The number of benzene rings is 1. The van der Waals surface area contributed by atoms with Crippen LogP contribution in [-0.4, -0.2) is 42.4 Å². The maximum absolute atomic E-state index is 12.2. The minimum absolute atomic E-state index is 0.0187. The fourth-order valence-electron chi connectivity index (χ4n) is 2.22. The number of nitrogens with zero attached hydrogens (tertiary/aromatic N) is 1. The second kappa shape index (κ2) is 6.45. The molecular formula is C16H24N2O3. The Morgan fingerprint density at radius 1 is 1.38 bits per heavy atom. The molecule has 0 aliphatic carbocycles. The molecule has 2 rings (SSSR count). The lowest BCUT2D eigenvalue weighted by molar-refractivity contribution is -0.119. The molecule has 0 radical (unpaired) electrons. The second-order valence-corrected chi connectivity index (χ2v) is 6.36. The molecule has 2 N–H and O–H groups in total. The SMILES string of the molecule is CC(C)(C)NCC(O)CN1C(=O)CCOc2ccccc21. The summed E-state index contributed by atoms with van der Waals surface area (Å²) in [6.45, 7) is 7.21. The zero-order valence-corrected chi connectivity index (χ0v) is 12.9. The molecule has 0 bridgehead atoms. The molecule has 1 aromatic carbocycles. The Balaban J connectivity index is 2.08. The maximum atomic E-state index is 12.2. The zero-order valence-electron chi connectivity index (χ0n) is 12.9. The number of amides is 1. The van der Waals surface area contributed by atoms with Crippen molar-refractivity contribution in [1.82, 2.24) is 5.32 Å². The summed E-state index contributed by atoms with van der Waals surface area (Å²) in [5, 5.41) is 13.4. The van der Waals surface area contributed by atoms with Crippen molar-refractivity contribution < 1.29 is 14.6 Å². The summed E-state index contributed by atoms with van der Waals surface area (Å²) < 4.78 is 5.59. The van der Waals surface area contributed by atoms with E-state index in [0.717, 1.165) is 5.69 Å². The summed E-state index contributed by atoms with van der Waals surface area (Å²) in [7, 11) is 0. The van der Waals surface area contributed by atoms with Gasteiger partial charge in [-0.3, -0.25) is 4.79 Å². The third-order valence-corrected chi connectivity index (χ3v) is 3.29. The minimum Gasteiger partial charge on any atom is -0.491 e. The van der Waals surface area contributed by atoms with Gasteiger partial charge in [-0.05, 0) is 32.9 Å². The molecule has 5 nitrogen and oxygen atoms in total. The number of para-hydroxylation sites is 2. The molecule has 1 aliphatic heterocycles. The van der Waals surface area contributed by atoms with Crippen LogP contribution in [0.25, 0.3) is 0 Å². The van der Waals surface area contributed by atoms with Crippen LogP contribution in [0.15, 0.2) is 24.3 Å². The summed E-state index contributed by atoms with van der Waals surface area (Å²) in [5.41, 5.74) is 0.667. The topological polar surface area (TPSA) is 61.8 Å². The van der Waals surface area contributed by atoms with Crippen molar-refractivity contribution in [3.8, 4) is 5.75 Å². The van der Waals surface area contributed by atoms with Gasteiger partial charge >= 0.3 is 0 Å². The van der Waals surface area contributed by atoms with Crippen LogP contribution >= 0.6 is 0 Å². The summed E-state index contributed by atoms with van der Waals surface area (Å²) in [5.74, 6) is 0.675. The van der Waals surface area contributed by atoms with E-state index in [9.17, 15) is 9.90 Å². The summed E-state index contributed by atoms with van der Waals surface area (Å²) >= 11 is 0. The van der Waals surface area contributed by atoms with Crippen LogP contribution in [0, 0.1) is 0 Å². The molecule has 0 spiro atoms. The summed E-state index contributed by atoms with van der Waals surface area (Å²) in [4.78, 5) is 13.9. The van der Waals surface area contributed by atoms with Gasteiger partial charge in [0, 0.05) is 12.1 Å². The van der Waals surface area contributed by atoms with Crippen LogP contribution < -0.4 is 15.0 Å². The van der Waals surface area contributed by atoms with Crippen molar-refractivity contribution in [3.63, 3.8) is 0 Å². The number of carbonyl (C=O) groups is 1. The maximum Gasteiger partial charge on any atom is 0.230 e. The van der Waals surface area contributed by atoms with E-state index in [1.54, 1.807) is 4.90 Å². The second-order valence-electron chi connectivity index (χ2n) is 6.36. The van der Waals surface area contributed by atoms with Crippen molar-refractivity contribution in [2.45, 2.75) is 38.8 Å². The number of fused-ring (bicyclic) bond motifs is 1. The Morgan fingerprint density at radius 2 is 2.10 bits per heavy atom. The highest BCUT2D eigenvalue weighted by Crippen LogP contribution is 2.30. The van der Waals surface area contributed by atoms with Gasteiger partial charge in [0.25, 0.3) is 0 Å². The van der Waals surface area contributed by atoms with Gasteiger partial charge in [-0.15, -0.1) is 0 Å². The molecule has 1 aromatic rings. The van der Waals surface area contributed by atoms with Gasteiger partial charge in [-0.2, -0.15) is 0 Å². The number of rotatable bonds is 4. The summed E-state index contributed by atoms with van der Waals surface area (Å²) in [6, 6.07) is 7.45. The lowest BCUT2D eigenvalue weighted by Gasteiger charge is -2.27. The number of hydrogen-bond acceptors (Lipinski definition) is 4. The molecule has 21 heavy (non-hydrogen) atoms. The smallest absolute Gasteiger partial charge is 0.230 e. The molecule has 1 atom stereocenters. The highest BCUT2D eigenvalue weighted by atomic mass is 16.5. The molecule has 1 heterocycles. The van der Waals surface area contributed by atoms with Crippen LogP contribution in [0.5, 0.6) is 5.75 Å². The molecule has 1 aliphatic rings. The van der Waals surface area contributed by atoms with E-state index in [1.165, 1.54) is 0 Å². The number of hydrogen-bond donors (Lipinski definition) is 2. The van der Waals surface area contributed by atoms with Crippen molar-refractivity contribution in [3.05, 3.63) is 24.3 Å². The average molecular weight is 292 g/mol. The van der Waals surface area contributed by atoms with Gasteiger partial charge in [0.1, 0.15) is 5.75 Å². The highest BCUT2D eigenvalue weighted by Gasteiger charge is 2.25. The third kappa shape index (κ3) is 4.44. The van der Waals surface area contributed by atoms with E-state index in [2.05, 4.69) is 5.32 Å². The predicted octanol–water partition coefficient (Wildman–Crippen LogP) is 1.55. The van der Waals surface area contributed by atoms with E-state index in [0.29, 0.717) is 25.3 Å². The molecule has 116 valence electrons. The van der Waals surface area contributed by atoms with Crippen molar-refractivity contribution in [2.24, 2.45) is 0 Å². The standard InChI is InChI=1S/C16H24N2O3/c1-16(2,3)17-10-12(19)11-18-13-6-4-5-7-14(13)21-9-8-15(18)20/h4-7,12,17,19H,8-11H2,1-3H3. The zero-order chi connectivity index (χ0) is 15.5. The Hall–Kier alpha value is -1.59. The van der Waals surface area contributed by atoms with Crippen molar-refractivity contribution >= 4 is 11.6 Å². The molecule has 1 unspecified atom stereocenters. The average Bonchev–Trinajstić information content (AvgIpc) is 2.56. The van der Waals surface area contributed by atoms with Crippen LogP contribution in [0.3, 0.4) is 0 Å². The number of β-amino-alcohol motifs (C(OH)–C–C–N with tert-alkyl or cyclic N) is 1. The van der Waals surface area contributed by atoms with E-state index < -0.39 is 6.10 Å². The largest absolute Gasteiger partial charge is 0.491 e. The number of anilines is 1. The first-order valence-electron chi connectivity index (χ1n) is 7.32. The van der Waals surface area contributed by atoms with Crippen molar-refractivity contribution in [1.29, 1.82) is 0 Å². The number of aliphatic hydroxyl groups is 1. The fraction of sp³-hybridized carbons (Fsp3) is 0.562. The molecular weight excluding hydrogens is 268 g/mol. The normalized spacial score (nSPS) is 17.0. The lowest BCUT2D eigenvalue weighted by Crippen LogP contribution is -2.46. The minimum atomic E-state index is -0.626. The molecule has 0 fully saturated rings. The number of aliphatic hydroxyl groups excluding tert-OH is 1. The van der Waals surface area contributed by atoms with Crippen molar-refractivity contribution in [2.75, 3.05) is 24.6 Å². The van der Waals surface area contributed by atoms with Gasteiger partial charge in [-0.1, -0.05) is 12.1 Å². The molecule has 0 saturated heterocycles. The van der Waals surface area contributed by atoms with Gasteiger partial charge < -0.3 is 20.1 Å². The monoisotopic (exact) mass is 292 g/mol. The van der Waals surface area contributed by atoms with E-state index in [1.807, 2.05) is 45.0 Å². The molecule has 1 amide bonds. The Labute approximate surface area is 125 Å². The third-order valence-electron chi connectivity index (χ3n) is 3.29. The Bertz CT molecular complexity index is 497. The molecule has 0 saturated carbocycles. The lowest BCUT2D eigenvalue weighted by atomic mass is 10.1. The quantitative estimate of drug-likeness (QED) is 0.884. The fourth-order valence-corrected chi connectivity index (χ4v) is 2.22. The first-order valence-corrected chi connectivity index (χ1v) is 7.32. The van der Waals surface area contributed by atoms with Gasteiger partial charge in [0.15, 0.2) is 0 Å². The summed E-state index contributed by atoms with van der Waals surface area (Å²) in [6.07, 6.45) is -0.298. The van der Waals surface area contributed by atoms with Crippen LogP contribution in [-0.2, 0) is 4.79 Å². The van der Waals surface area contributed by atoms with Gasteiger partial charge in [0.2, 0.25) is 5.91 Å². The van der Waals surface area contributed by atoms with E-state index >= 15 is 0 Å². The van der Waals surface area contributed by atoms with Gasteiger partial charge in [0.05, 0.1) is 31.4 Å². The molecule has 5 heteroatoms. The Kier molecular flexibility index (Phi) is 4.85. The first-order chi connectivity index (χ1) is 9.87. The number of ether oxygens (including phenoxy) is 1. The van der Waals surface area contributed by atoms with Crippen LogP contribution in [0.1, 0.15) is 27.2 Å². The highest BCUT2D eigenvalue weighted by molar-refractivity contribution is 5.95. The van der Waals surface area contributed by atoms with E-state index in [4.69, 9.17) is 4.74 Å². The Morgan fingerprint density at radius 3 is 2.81 bits per heavy atom. The predicted molar refractivity (Wildman–Crippen MR) is 82.7 cm³/mol. The first kappa shape index (κ1) is 15.8. The number of nitrogens with one attached hydrogen (secondary N) is 1. The number of carbonyl (C=O) groups excluding carboxylic acids is 1. The molecule has 0 aromatic heterocycles. The van der Waals surface area contributed by atoms with Crippen LogP contribution in [0.2, 0.25) is 0 Å². The van der Waals surface area contributed by atoms with Crippen LogP contribution in [0.4, 0.5) is 5.69 Å².